The number of nitro benzene ring substituents is 1. The first-order valence-electron chi connectivity index (χ1n) is 9.25. The zero-order chi connectivity index (χ0) is 22.4. The molecule has 0 bridgehead atoms. The summed E-state index contributed by atoms with van der Waals surface area (Å²) in [6.07, 6.45) is 2.67. The number of thiazole rings is 1. The average molecular weight is 441 g/mol. The van der Waals surface area contributed by atoms with Crippen molar-refractivity contribution in [1.29, 1.82) is 0 Å². The highest BCUT2D eigenvalue weighted by Crippen LogP contribution is 2.23. The molecule has 3 rings (SSSR count). The van der Waals surface area contributed by atoms with Crippen LogP contribution in [-0.4, -0.2) is 35.1 Å². The second-order valence-electron chi connectivity index (χ2n) is 6.24. The van der Waals surface area contributed by atoms with Crippen molar-refractivity contribution >= 4 is 45.2 Å². The molecule has 0 unspecified atom stereocenters. The largest absolute Gasteiger partial charge is 0.497 e. The highest BCUT2D eigenvalue weighted by molar-refractivity contribution is 7.16. The quantitative estimate of drug-likeness (QED) is 0.241. The monoisotopic (exact) mass is 441 g/mol. The first-order chi connectivity index (χ1) is 14.9. The Morgan fingerprint density at radius 1 is 1.26 bits per heavy atom. The Morgan fingerprint density at radius 3 is 2.77 bits per heavy atom. The van der Waals surface area contributed by atoms with Crippen LogP contribution in [0.4, 0.5) is 5.69 Å². The van der Waals surface area contributed by atoms with Crippen LogP contribution in [0.1, 0.15) is 12.5 Å². The molecule has 1 aromatic heterocycles. The van der Waals surface area contributed by atoms with Crippen molar-refractivity contribution in [2.45, 2.75) is 13.5 Å². The Morgan fingerprint density at radius 2 is 2.06 bits per heavy atom. The molecular formula is C21H19N3O6S. The summed E-state index contributed by atoms with van der Waals surface area (Å²) in [6, 6.07) is 11.2. The van der Waals surface area contributed by atoms with Gasteiger partial charge in [-0.1, -0.05) is 23.5 Å². The number of non-ortho nitro benzene ring substituents is 1. The van der Waals surface area contributed by atoms with Gasteiger partial charge in [-0.05, 0) is 36.8 Å². The maximum absolute atomic E-state index is 12.4. The maximum atomic E-state index is 12.4. The van der Waals surface area contributed by atoms with Gasteiger partial charge in [-0.2, -0.15) is 4.99 Å². The van der Waals surface area contributed by atoms with Crippen molar-refractivity contribution < 1.29 is 24.0 Å². The third-order valence-corrected chi connectivity index (χ3v) is 5.23. The lowest BCUT2D eigenvalue weighted by molar-refractivity contribution is -0.384. The molecule has 0 spiro atoms. The molecule has 0 atom stereocenters. The Hall–Kier alpha value is -3.79. The number of ether oxygens (including phenoxy) is 2. The number of amides is 1. The third-order valence-electron chi connectivity index (χ3n) is 4.19. The van der Waals surface area contributed by atoms with Crippen LogP contribution >= 0.6 is 11.3 Å². The zero-order valence-electron chi connectivity index (χ0n) is 16.8. The van der Waals surface area contributed by atoms with Crippen LogP contribution in [0.25, 0.3) is 16.3 Å². The van der Waals surface area contributed by atoms with Gasteiger partial charge in [0.05, 0.1) is 28.9 Å². The molecule has 0 aliphatic rings. The van der Waals surface area contributed by atoms with E-state index >= 15 is 0 Å². The Kier molecular flexibility index (Phi) is 6.93. The molecule has 0 fully saturated rings. The molecule has 1 amide bonds. The van der Waals surface area contributed by atoms with E-state index in [1.807, 2.05) is 0 Å². The summed E-state index contributed by atoms with van der Waals surface area (Å²) < 4.78 is 12.7. The highest BCUT2D eigenvalue weighted by Gasteiger charge is 2.12. The molecule has 9 nitrogen and oxygen atoms in total. The van der Waals surface area contributed by atoms with Crippen LogP contribution in [0.15, 0.2) is 53.5 Å². The highest BCUT2D eigenvalue weighted by atomic mass is 32.1. The molecule has 0 saturated heterocycles. The second-order valence-corrected chi connectivity index (χ2v) is 7.25. The van der Waals surface area contributed by atoms with Crippen molar-refractivity contribution in [3.63, 3.8) is 0 Å². The van der Waals surface area contributed by atoms with Gasteiger partial charge in [0.2, 0.25) is 0 Å². The Balaban J connectivity index is 1.97. The normalized spacial score (nSPS) is 11.7. The number of hydrogen-bond donors (Lipinski definition) is 0. The smallest absolute Gasteiger partial charge is 0.326 e. The summed E-state index contributed by atoms with van der Waals surface area (Å²) in [7, 11) is 1.55. The van der Waals surface area contributed by atoms with Crippen molar-refractivity contribution in [1.82, 2.24) is 4.57 Å². The molecular weight excluding hydrogens is 422 g/mol. The van der Waals surface area contributed by atoms with Crippen LogP contribution in [0.2, 0.25) is 0 Å². The first kappa shape index (κ1) is 21.9. The first-order valence-corrected chi connectivity index (χ1v) is 10.1. The van der Waals surface area contributed by atoms with Gasteiger partial charge < -0.3 is 14.0 Å². The minimum atomic E-state index is -0.567. The molecule has 0 aliphatic carbocycles. The van der Waals surface area contributed by atoms with E-state index in [1.165, 1.54) is 41.7 Å². The summed E-state index contributed by atoms with van der Waals surface area (Å²) in [6.45, 7) is 1.86. The van der Waals surface area contributed by atoms with Crippen LogP contribution in [0.5, 0.6) is 5.75 Å². The summed E-state index contributed by atoms with van der Waals surface area (Å²) in [5.41, 5.74) is 1.14. The predicted molar refractivity (Wildman–Crippen MR) is 116 cm³/mol. The number of carbonyl (C=O) groups excluding carboxylic acids is 2. The van der Waals surface area contributed by atoms with Gasteiger partial charge >= 0.3 is 5.97 Å². The van der Waals surface area contributed by atoms with E-state index < -0.39 is 16.8 Å². The number of methoxy groups -OCH3 is 1. The number of hydrogen-bond acceptors (Lipinski definition) is 7. The number of nitro groups is 1. The van der Waals surface area contributed by atoms with Crippen LogP contribution in [0.3, 0.4) is 0 Å². The number of nitrogens with zero attached hydrogens (tertiary/aromatic N) is 3. The molecule has 0 N–H and O–H groups in total. The fourth-order valence-electron chi connectivity index (χ4n) is 2.80. The predicted octanol–water partition coefficient (Wildman–Crippen LogP) is 3.32. The molecule has 0 radical (unpaired) electrons. The van der Waals surface area contributed by atoms with Gasteiger partial charge in [0.1, 0.15) is 12.3 Å². The van der Waals surface area contributed by atoms with Crippen molar-refractivity contribution in [2.75, 3.05) is 13.7 Å². The number of aromatic nitrogens is 1. The molecule has 1 heterocycles. The SMILES string of the molecule is CCOC(=O)Cn1c(=NC(=O)C=Cc2cccc([N+](=O)[O-])c2)sc2cc(OC)ccc21. The summed E-state index contributed by atoms with van der Waals surface area (Å²) in [5.74, 6) is -0.373. The van der Waals surface area contributed by atoms with E-state index in [-0.39, 0.29) is 18.8 Å². The minimum Gasteiger partial charge on any atom is -0.497 e. The van der Waals surface area contributed by atoms with E-state index in [1.54, 1.807) is 42.9 Å². The van der Waals surface area contributed by atoms with E-state index in [0.29, 0.717) is 21.6 Å². The summed E-state index contributed by atoms with van der Waals surface area (Å²) in [4.78, 5) is 39.3. The van der Waals surface area contributed by atoms with Crippen LogP contribution in [0, 0.1) is 10.1 Å². The summed E-state index contributed by atoms with van der Waals surface area (Å²) in [5, 5.41) is 10.9. The van der Waals surface area contributed by atoms with Crippen LogP contribution < -0.4 is 9.54 Å². The van der Waals surface area contributed by atoms with Gasteiger partial charge in [-0.15, -0.1) is 0 Å². The third kappa shape index (κ3) is 5.43. The lowest BCUT2D eigenvalue weighted by atomic mass is 10.2. The van der Waals surface area contributed by atoms with Gasteiger partial charge in [0.15, 0.2) is 4.80 Å². The van der Waals surface area contributed by atoms with Gasteiger partial charge in [-0.25, -0.2) is 0 Å². The number of esters is 1. The lowest BCUT2D eigenvalue weighted by Crippen LogP contribution is -2.22. The molecule has 160 valence electrons. The average Bonchev–Trinajstić information content (AvgIpc) is 3.08. The van der Waals surface area contributed by atoms with E-state index in [2.05, 4.69) is 4.99 Å². The summed E-state index contributed by atoms with van der Waals surface area (Å²) >= 11 is 1.23. The molecule has 0 saturated carbocycles. The molecule has 10 heteroatoms. The Bertz CT molecular complexity index is 1240. The number of benzene rings is 2. The van der Waals surface area contributed by atoms with Gasteiger partial charge in [0, 0.05) is 18.2 Å². The molecule has 31 heavy (non-hydrogen) atoms. The Labute approximate surface area is 181 Å². The van der Waals surface area contributed by atoms with E-state index in [0.717, 1.165) is 4.70 Å². The fraction of sp³-hybridized carbons (Fsp3) is 0.190. The second kappa shape index (κ2) is 9.81. The topological polar surface area (TPSA) is 113 Å². The maximum Gasteiger partial charge on any atom is 0.326 e. The zero-order valence-corrected chi connectivity index (χ0v) is 17.6. The fourth-order valence-corrected chi connectivity index (χ4v) is 3.86. The van der Waals surface area contributed by atoms with Crippen molar-refractivity contribution in [3.8, 4) is 5.75 Å². The van der Waals surface area contributed by atoms with Gasteiger partial charge in [-0.3, -0.25) is 19.7 Å². The number of rotatable bonds is 7. The number of carbonyl (C=O) groups is 2. The molecule has 3 aromatic rings. The minimum absolute atomic E-state index is 0.0720. The van der Waals surface area contributed by atoms with Crippen molar-refractivity contribution in [2.24, 2.45) is 4.99 Å². The standard InChI is InChI=1S/C21H19N3O6S/c1-3-30-20(26)13-23-17-9-8-16(29-2)12-18(17)31-21(23)22-19(25)10-7-14-5-4-6-15(11-14)24(27)28/h4-12H,3,13H2,1-2H3. The van der Waals surface area contributed by atoms with E-state index in [4.69, 9.17) is 9.47 Å². The van der Waals surface area contributed by atoms with E-state index in [9.17, 15) is 19.7 Å². The molecule has 0 aliphatic heterocycles. The van der Waals surface area contributed by atoms with Crippen LogP contribution in [-0.2, 0) is 20.9 Å². The number of fused-ring (bicyclic) bond motifs is 1. The molecule has 2 aromatic carbocycles. The lowest BCUT2D eigenvalue weighted by Gasteiger charge is -2.05. The van der Waals surface area contributed by atoms with Crippen molar-refractivity contribution in [3.05, 3.63) is 69.0 Å². The van der Waals surface area contributed by atoms with Gasteiger partial charge in [0.25, 0.3) is 11.6 Å².